The second-order valence-corrected chi connectivity index (χ2v) is 3.62. The quantitative estimate of drug-likeness (QED) is 0.853. The van der Waals surface area contributed by atoms with Gasteiger partial charge in [-0.05, 0) is 24.6 Å². The number of hydrogen-bond donors (Lipinski definition) is 1. The van der Waals surface area contributed by atoms with Gasteiger partial charge in [0.15, 0.2) is 0 Å². The van der Waals surface area contributed by atoms with Crippen molar-refractivity contribution in [2.45, 2.75) is 13.0 Å². The van der Waals surface area contributed by atoms with E-state index in [9.17, 15) is 4.79 Å². The molecule has 16 heavy (non-hydrogen) atoms. The SMILES string of the molecule is COc1ccc(C(C)n2cc[nH]c2=O)cc1. The van der Waals surface area contributed by atoms with Crippen molar-refractivity contribution < 1.29 is 4.74 Å². The fourth-order valence-corrected chi connectivity index (χ4v) is 1.68. The van der Waals surface area contributed by atoms with Gasteiger partial charge in [-0.25, -0.2) is 4.79 Å². The van der Waals surface area contributed by atoms with Crippen LogP contribution < -0.4 is 10.4 Å². The number of aromatic amines is 1. The minimum Gasteiger partial charge on any atom is -0.497 e. The first-order chi connectivity index (χ1) is 7.72. The lowest BCUT2D eigenvalue weighted by molar-refractivity contribution is 0.414. The molecule has 2 aromatic rings. The maximum Gasteiger partial charge on any atom is 0.326 e. The van der Waals surface area contributed by atoms with E-state index < -0.39 is 0 Å². The van der Waals surface area contributed by atoms with Gasteiger partial charge in [0.1, 0.15) is 5.75 Å². The van der Waals surface area contributed by atoms with Crippen molar-refractivity contribution in [2.24, 2.45) is 0 Å². The molecule has 1 unspecified atom stereocenters. The van der Waals surface area contributed by atoms with Crippen LogP contribution in [0, 0.1) is 0 Å². The summed E-state index contributed by atoms with van der Waals surface area (Å²) < 4.78 is 6.74. The van der Waals surface area contributed by atoms with Gasteiger partial charge in [0, 0.05) is 12.4 Å². The van der Waals surface area contributed by atoms with Crippen LogP contribution in [0.15, 0.2) is 41.5 Å². The molecule has 1 atom stereocenters. The van der Waals surface area contributed by atoms with Gasteiger partial charge in [0.2, 0.25) is 0 Å². The van der Waals surface area contributed by atoms with Crippen molar-refractivity contribution in [3.8, 4) is 5.75 Å². The standard InChI is InChI=1S/C12H14N2O2/c1-9(14-8-7-13-12(14)15)10-3-5-11(16-2)6-4-10/h3-9H,1-2H3,(H,13,15). The Kier molecular flexibility index (Phi) is 2.81. The van der Waals surface area contributed by atoms with Crippen LogP contribution in [0.1, 0.15) is 18.5 Å². The largest absolute Gasteiger partial charge is 0.497 e. The van der Waals surface area contributed by atoms with Crippen molar-refractivity contribution in [1.29, 1.82) is 0 Å². The number of ether oxygens (including phenoxy) is 1. The molecule has 0 amide bonds. The highest BCUT2D eigenvalue weighted by atomic mass is 16.5. The topological polar surface area (TPSA) is 47.0 Å². The predicted molar refractivity (Wildman–Crippen MR) is 61.9 cm³/mol. The number of H-pyrrole nitrogens is 1. The van der Waals surface area contributed by atoms with Crippen molar-refractivity contribution in [2.75, 3.05) is 7.11 Å². The molecule has 4 nitrogen and oxygen atoms in total. The van der Waals surface area contributed by atoms with Crippen molar-refractivity contribution in [3.63, 3.8) is 0 Å². The zero-order valence-corrected chi connectivity index (χ0v) is 9.31. The Morgan fingerprint density at radius 3 is 2.50 bits per heavy atom. The Morgan fingerprint density at radius 2 is 2.00 bits per heavy atom. The number of rotatable bonds is 3. The molecule has 4 heteroatoms. The van der Waals surface area contributed by atoms with Gasteiger partial charge in [-0.3, -0.25) is 4.57 Å². The van der Waals surface area contributed by atoms with E-state index in [-0.39, 0.29) is 11.7 Å². The van der Waals surface area contributed by atoms with Crippen LogP contribution in [0.2, 0.25) is 0 Å². The monoisotopic (exact) mass is 218 g/mol. The summed E-state index contributed by atoms with van der Waals surface area (Å²) in [5.74, 6) is 0.817. The molecule has 1 aromatic heterocycles. The molecule has 0 fully saturated rings. The van der Waals surface area contributed by atoms with E-state index in [2.05, 4.69) is 4.98 Å². The first-order valence-electron chi connectivity index (χ1n) is 5.12. The predicted octanol–water partition coefficient (Wildman–Crippen LogP) is 1.79. The molecular weight excluding hydrogens is 204 g/mol. The highest BCUT2D eigenvalue weighted by Gasteiger charge is 2.09. The van der Waals surface area contributed by atoms with Crippen LogP contribution in [-0.4, -0.2) is 16.7 Å². The molecule has 0 radical (unpaired) electrons. The molecule has 0 spiro atoms. The summed E-state index contributed by atoms with van der Waals surface area (Å²) >= 11 is 0. The molecule has 1 aromatic carbocycles. The molecule has 0 bridgehead atoms. The second kappa shape index (κ2) is 4.26. The van der Waals surface area contributed by atoms with Gasteiger partial charge in [-0.1, -0.05) is 12.1 Å². The van der Waals surface area contributed by atoms with Crippen molar-refractivity contribution in [3.05, 3.63) is 52.7 Å². The molecule has 0 aliphatic carbocycles. The zero-order chi connectivity index (χ0) is 11.5. The lowest BCUT2D eigenvalue weighted by Gasteiger charge is -2.12. The number of aromatic nitrogens is 2. The first-order valence-corrected chi connectivity index (χ1v) is 5.12. The summed E-state index contributed by atoms with van der Waals surface area (Å²) in [7, 11) is 1.63. The van der Waals surface area contributed by atoms with E-state index in [1.807, 2.05) is 31.2 Å². The van der Waals surface area contributed by atoms with E-state index in [0.717, 1.165) is 11.3 Å². The molecule has 1 N–H and O–H groups in total. The highest BCUT2D eigenvalue weighted by molar-refractivity contribution is 5.29. The summed E-state index contributed by atoms with van der Waals surface area (Å²) in [5, 5.41) is 0. The summed E-state index contributed by atoms with van der Waals surface area (Å²) in [5.41, 5.74) is 0.978. The Morgan fingerprint density at radius 1 is 1.31 bits per heavy atom. The van der Waals surface area contributed by atoms with Gasteiger partial charge >= 0.3 is 5.69 Å². The Labute approximate surface area is 93.5 Å². The average Bonchev–Trinajstić information content (AvgIpc) is 2.75. The second-order valence-electron chi connectivity index (χ2n) is 3.62. The molecule has 0 aliphatic heterocycles. The normalized spacial score (nSPS) is 12.4. The van der Waals surface area contributed by atoms with Crippen LogP contribution in [0.3, 0.4) is 0 Å². The van der Waals surface area contributed by atoms with Crippen molar-refractivity contribution in [1.82, 2.24) is 9.55 Å². The van der Waals surface area contributed by atoms with Crippen LogP contribution in [-0.2, 0) is 0 Å². The van der Waals surface area contributed by atoms with Gasteiger partial charge < -0.3 is 9.72 Å². The van der Waals surface area contributed by atoms with Crippen LogP contribution in [0.4, 0.5) is 0 Å². The maximum atomic E-state index is 11.4. The van der Waals surface area contributed by atoms with Gasteiger partial charge in [-0.15, -0.1) is 0 Å². The molecule has 0 saturated carbocycles. The zero-order valence-electron chi connectivity index (χ0n) is 9.31. The smallest absolute Gasteiger partial charge is 0.326 e. The van der Waals surface area contributed by atoms with E-state index in [4.69, 9.17) is 4.74 Å². The third-order valence-corrected chi connectivity index (χ3v) is 2.69. The summed E-state index contributed by atoms with van der Waals surface area (Å²) in [6.45, 7) is 1.98. The average molecular weight is 218 g/mol. The maximum absolute atomic E-state index is 11.4. The Balaban J connectivity index is 2.31. The van der Waals surface area contributed by atoms with Crippen molar-refractivity contribution >= 4 is 0 Å². The first kappa shape index (κ1) is 10.5. The fourth-order valence-electron chi connectivity index (χ4n) is 1.68. The minimum atomic E-state index is -0.0941. The number of nitrogens with zero attached hydrogens (tertiary/aromatic N) is 1. The van der Waals surface area contributed by atoms with E-state index in [0.29, 0.717) is 0 Å². The fraction of sp³-hybridized carbons (Fsp3) is 0.250. The van der Waals surface area contributed by atoms with Crippen LogP contribution in [0.25, 0.3) is 0 Å². The minimum absolute atomic E-state index is 0.0182. The molecule has 84 valence electrons. The third-order valence-electron chi connectivity index (χ3n) is 2.69. The number of methoxy groups -OCH3 is 1. The van der Waals surface area contributed by atoms with E-state index in [1.54, 1.807) is 24.1 Å². The van der Waals surface area contributed by atoms with Gasteiger partial charge in [0.05, 0.1) is 13.2 Å². The molecule has 0 aliphatic rings. The third kappa shape index (κ3) is 1.86. The summed E-state index contributed by atoms with van der Waals surface area (Å²) in [6.07, 6.45) is 3.39. The lowest BCUT2D eigenvalue weighted by atomic mass is 10.1. The highest BCUT2D eigenvalue weighted by Crippen LogP contribution is 2.19. The molecule has 0 saturated heterocycles. The summed E-state index contributed by atoms with van der Waals surface area (Å²) in [6, 6.07) is 7.73. The van der Waals surface area contributed by atoms with Gasteiger partial charge in [-0.2, -0.15) is 0 Å². The number of imidazole rings is 1. The Hall–Kier alpha value is -1.97. The van der Waals surface area contributed by atoms with E-state index >= 15 is 0 Å². The summed E-state index contributed by atoms with van der Waals surface area (Å²) in [4.78, 5) is 14.1. The Bertz CT molecular complexity index is 510. The molecule has 2 rings (SSSR count). The molecular formula is C12H14N2O2. The van der Waals surface area contributed by atoms with Crippen LogP contribution in [0.5, 0.6) is 5.75 Å². The van der Waals surface area contributed by atoms with Gasteiger partial charge in [0.25, 0.3) is 0 Å². The number of hydrogen-bond acceptors (Lipinski definition) is 2. The lowest BCUT2D eigenvalue weighted by Crippen LogP contribution is -2.20. The van der Waals surface area contributed by atoms with Crippen LogP contribution >= 0.6 is 0 Å². The number of benzene rings is 1. The number of nitrogens with one attached hydrogen (secondary N) is 1. The van der Waals surface area contributed by atoms with E-state index in [1.165, 1.54) is 0 Å². The molecule has 1 heterocycles.